The molecule has 3 nitrogen and oxygen atoms in total. The van der Waals surface area contributed by atoms with Gasteiger partial charge >= 0.3 is 0 Å². The highest BCUT2D eigenvalue weighted by Crippen LogP contribution is 2.44. The summed E-state index contributed by atoms with van der Waals surface area (Å²) in [4.78, 5) is 9.36. The molecule has 0 aliphatic heterocycles. The van der Waals surface area contributed by atoms with Crippen LogP contribution in [0.3, 0.4) is 0 Å². The van der Waals surface area contributed by atoms with Gasteiger partial charge in [0.1, 0.15) is 5.82 Å². The molecular formula is C13H14BrN3S. The van der Waals surface area contributed by atoms with Crippen LogP contribution in [0, 0.1) is 6.92 Å². The SMILES string of the molecule is CNc1nc(-c2cscc2C)nc(C2CC2)c1Br. The van der Waals surface area contributed by atoms with Crippen LogP contribution in [-0.2, 0) is 0 Å². The Labute approximate surface area is 119 Å². The second kappa shape index (κ2) is 4.63. The first kappa shape index (κ1) is 12.1. The normalized spacial score (nSPS) is 14.8. The molecule has 3 rings (SSSR count). The van der Waals surface area contributed by atoms with Gasteiger partial charge in [-0.2, -0.15) is 11.3 Å². The molecule has 0 radical (unpaired) electrons. The summed E-state index contributed by atoms with van der Waals surface area (Å²) >= 11 is 5.31. The monoisotopic (exact) mass is 323 g/mol. The Morgan fingerprint density at radius 2 is 2.11 bits per heavy atom. The van der Waals surface area contributed by atoms with Crippen molar-refractivity contribution in [1.82, 2.24) is 9.97 Å². The zero-order chi connectivity index (χ0) is 12.7. The van der Waals surface area contributed by atoms with Gasteiger partial charge in [-0.3, -0.25) is 0 Å². The fraction of sp³-hybridized carbons (Fsp3) is 0.385. The van der Waals surface area contributed by atoms with Crippen LogP contribution in [0.25, 0.3) is 11.4 Å². The quantitative estimate of drug-likeness (QED) is 0.920. The van der Waals surface area contributed by atoms with Crippen molar-refractivity contribution in [2.24, 2.45) is 0 Å². The van der Waals surface area contributed by atoms with Crippen molar-refractivity contribution in [3.63, 3.8) is 0 Å². The van der Waals surface area contributed by atoms with E-state index in [1.165, 1.54) is 18.4 Å². The van der Waals surface area contributed by atoms with Gasteiger partial charge in [0.25, 0.3) is 0 Å². The summed E-state index contributed by atoms with van der Waals surface area (Å²) in [5, 5.41) is 7.40. The number of rotatable bonds is 3. The maximum atomic E-state index is 4.75. The highest BCUT2D eigenvalue weighted by Gasteiger charge is 2.29. The van der Waals surface area contributed by atoms with E-state index >= 15 is 0 Å². The molecule has 1 fully saturated rings. The van der Waals surface area contributed by atoms with Crippen molar-refractivity contribution in [1.29, 1.82) is 0 Å². The molecule has 5 heteroatoms. The van der Waals surface area contributed by atoms with Gasteiger partial charge in [0.05, 0.1) is 10.2 Å². The van der Waals surface area contributed by atoms with E-state index in [1.807, 2.05) is 7.05 Å². The molecular weight excluding hydrogens is 310 g/mol. The molecule has 1 aliphatic carbocycles. The number of aromatic nitrogens is 2. The Balaban J connectivity index is 2.15. The molecule has 0 amide bonds. The predicted molar refractivity (Wildman–Crippen MR) is 79.3 cm³/mol. The number of hydrogen-bond acceptors (Lipinski definition) is 4. The Morgan fingerprint density at radius 3 is 2.67 bits per heavy atom. The lowest BCUT2D eigenvalue weighted by Gasteiger charge is -2.10. The summed E-state index contributed by atoms with van der Waals surface area (Å²) < 4.78 is 1.02. The first-order chi connectivity index (χ1) is 8.70. The fourth-order valence-corrected chi connectivity index (χ4v) is 3.49. The molecule has 2 aromatic heterocycles. The molecule has 94 valence electrons. The predicted octanol–water partition coefficient (Wildman–Crippen LogP) is 4.20. The first-order valence-electron chi connectivity index (χ1n) is 5.99. The average molecular weight is 324 g/mol. The molecule has 0 spiro atoms. The number of nitrogens with one attached hydrogen (secondary N) is 1. The van der Waals surface area contributed by atoms with Crippen molar-refractivity contribution in [2.75, 3.05) is 12.4 Å². The van der Waals surface area contributed by atoms with Crippen molar-refractivity contribution < 1.29 is 0 Å². The first-order valence-corrected chi connectivity index (χ1v) is 7.72. The lowest BCUT2D eigenvalue weighted by atomic mass is 10.2. The van der Waals surface area contributed by atoms with Crippen molar-refractivity contribution in [3.8, 4) is 11.4 Å². The number of anilines is 1. The van der Waals surface area contributed by atoms with Gasteiger partial charge in [0.15, 0.2) is 5.82 Å². The minimum Gasteiger partial charge on any atom is -0.372 e. The maximum absolute atomic E-state index is 4.75. The summed E-state index contributed by atoms with van der Waals surface area (Å²) in [6, 6.07) is 0. The lowest BCUT2D eigenvalue weighted by Crippen LogP contribution is -2.02. The third kappa shape index (κ3) is 2.06. The standard InChI is InChI=1S/C13H14BrN3S/c1-7-5-18-6-9(7)12-16-11(8-3-4-8)10(14)13(15-2)17-12/h5-6,8H,3-4H2,1-2H3,(H,15,16,17). The number of thiophene rings is 1. The summed E-state index contributed by atoms with van der Waals surface area (Å²) in [7, 11) is 1.90. The minimum atomic E-state index is 0.604. The molecule has 1 aliphatic rings. The molecule has 1 saturated carbocycles. The lowest BCUT2D eigenvalue weighted by molar-refractivity contribution is 0.980. The van der Waals surface area contributed by atoms with Crippen LogP contribution >= 0.6 is 27.3 Å². The van der Waals surface area contributed by atoms with E-state index in [-0.39, 0.29) is 0 Å². The number of nitrogens with zero attached hydrogens (tertiary/aromatic N) is 2. The zero-order valence-electron chi connectivity index (χ0n) is 10.3. The van der Waals surface area contributed by atoms with E-state index in [2.05, 4.69) is 43.9 Å². The van der Waals surface area contributed by atoms with Crippen molar-refractivity contribution in [2.45, 2.75) is 25.7 Å². The van der Waals surface area contributed by atoms with E-state index in [4.69, 9.17) is 4.98 Å². The van der Waals surface area contributed by atoms with Gasteiger partial charge in [-0.15, -0.1) is 0 Å². The average Bonchev–Trinajstić information content (AvgIpc) is 3.12. The summed E-state index contributed by atoms with van der Waals surface area (Å²) in [6.07, 6.45) is 2.47. The fourth-order valence-electron chi connectivity index (χ4n) is 1.97. The number of halogens is 1. The van der Waals surface area contributed by atoms with Gasteiger partial charge in [-0.1, -0.05) is 0 Å². The Bertz CT molecular complexity index is 590. The molecule has 2 aromatic rings. The number of aryl methyl sites for hydroxylation is 1. The highest BCUT2D eigenvalue weighted by atomic mass is 79.9. The minimum absolute atomic E-state index is 0.604. The molecule has 0 bridgehead atoms. The van der Waals surface area contributed by atoms with E-state index in [0.717, 1.165) is 27.4 Å². The van der Waals surface area contributed by atoms with Crippen LogP contribution in [0.4, 0.5) is 5.82 Å². The van der Waals surface area contributed by atoms with E-state index < -0.39 is 0 Å². The van der Waals surface area contributed by atoms with Gasteiger partial charge in [0.2, 0.25) is 0 Å². The Kier molecular flexibility index (Phi) is 3.11. The van der Waals surface area contributed by atoms with Gasteiger partial charge in [-0.05, 0) is 46.6 Å². The number of hydrogen-bond donors (Lipinski definition) is 1. The maximum Gasteiger partial charge on any atom is 0.162 e. The Morgan fingerprint density at radius 1 is 1.33 bits per heavy atom. The molecule has 0 unspecified atom stereocenters. The largest absolute Gasteiger partial charge is 0.372 e. The third-order valence-electron chi connectivity index (χ3n) is 3.17. The molecule has 0 atom stereocenters. The third-order valence-corrected chi connectivity index (χ3v) is 4.82. The van der Waals surface area contributed by atoms with Crippen LogP contribution in [0.15, 0.2) is 15.2 Å². The molecule has 0 saturated heterocycles. The van der Waals surface area contributed by atoms with Gasteiger partial charge in [0, 0.05) is 23.9 Å². The van der Waals surface area contributed by atoms with E-state index in [9.17, 15) is 0 Å². The topological polar surface area (TPSA) is 37.8 Å². The van der Waals surface area contributed by atoms with Gasteiger partial charge in [-0.25, -0.2) is 9.97 Å². The summed E-state index contributed by atoms with van der Waals surface area (Å²) in [5.74, 6) is 2.32. The zero-order valence-corrected chi connectivity index (χ0v) is 12.7. The van der Waals surface area contributed by atoms with Crippen LogP contribution < -0.4 is 5.32 Å². The van der Waals surface area contributed by atoms with Crippen LogP contribution in [0.1, 0.15) is 30.0 Å². The van der Waals surface area contributed by atoms with Crippen molar-refractivity contribution >= 4 is 33.1 Å². The molecule has 1 N–H and O–H groups in total. The Hall–Kier alpha value is -0.940. The highest BCUT2D eigenvalue weighted by molar-refractivity contribution is 9.10. The van der Waals surface area contributed by atoms with E-state index in [1.54, 1.807) is 11.3 Å². The summed E-state index contributed by atoms with van der Waals surface area (Å²) in [5.41, 5.74) is 3.53. The summed E-state index contributed by atoms with van der Waals surface area (Å²) in [6.45, 7) is 2.10. The molecule has 0 aromatic carbocycles. The molecule has 2 heterocycles. The second-order valence-corrected chi connectivity index (χ2v) is 6.12. The second-order valence-electron chi connectivity index (χ2n) is 4.59. The van der Waals surface area contributed by atoms with Crippen LogP contribution in [-0.4, -0.2) is 17.0 Å². The van der Waals surface area contributed by atoms with Crippen LogP contribution in [0.5, 0.6) is 0 Å². The van der Waals surface area contributed by atoms with Crippen LogP contribution in [0.2, 0.25) is 0 Å². The van der Waals surface area contributed by atoms with Crippen molar-refractivity contribution in [3.05, 3.63) is 26.5 Å². The van der Waals surface area contributed by atoms with Gasteiger partial charge < -0.3 is 5.32 Å². The van der Waals surface area contributed by atoms with E-state index in [0.29, 0.717) is 5.92 Å². The molecule has 18 heavy (non-hydrogen) atoms. The smallest absolute Gasteiger partial charge is 0.162 e.